The largest absolute Gasteiger partial charge is 0.508 e. The van der Waals surface area contributed by atoms with Crippen LogP contribution >= 0.6 is 11.8 Å². The van der Waals surface area contributed by atoms with Crippen LogP contribution in [0.3, 0.4) is 0 Å². The van der Waals surface area contributed by atoms with Crippen molar-refractivity contribution in [2.24, 2.45) is 23.2 Å². The monoisotopic (exact) mass is 623 g/mol. The first kappa shape index (κ1) is 33.8. The van der Waals surface area contributed by atoms with Crippen molar-refractivity contribution in [3.05, 3.63) is 29.3 Å². The zero-order valence-electron chi connectivity index (χ0n) is 24.8. The Balaban J connectivity index is 1.19. The number of aliphatic hydroxyl groups excluding tert-OH is 1. The molecule has 2 saturated carbocycles. The third-order valence-corrected chi connectivity index (χ3v) is 11.6. The Morgan fingerprint density at radius 1 is 1.00 bits per heavy atom. The Kier molecular flexibility index (Phi) is 11.2. The van der Waals surface area contributed by atoms with Gasteiger partial charge in [-0.2, -0.15) is 33.7 Å². The molecule has 0 amide bonds. The lowest BCUT2D eigenvalue weighted by Crippen LogP contribution is -2.51. The van der Waals surface area contributed by atoms with E-state index in [0.717, 1.165) is 81.3 Å². The molecule has 4 unspecified atom stereocenters. The summed E-state index contributed by atoms with van der Waals surface area (Å²) in [5.41, 5.74) is 1.74. The van der Waals surface area contributed by atoms with Crippen molar-refractivity contribution in [2.75, 3.05) is 31.6 Å². The minimum absolute atomic E-state index is 0.158. The van der Waals surface area contributed by atoms with Crippen LogP contribution in [0, 0.1) is 23.2 Å². The standard InChI is InChI=1S/C32H47F6NO2S/c1-30-20-26(33)29-24-10-9-23(40)19-22(24)18-21(28(29)25(30)11-12-27(30)41)8-4-3-5-14-39(2)15-7-17-42-16-6-13-31(34,35)32(36,37)38/h9-10,19,21,25-29,40-41H,3-8,11-18,20H2,1-2H3/t21?,25?,26-,27-,28?,29?,30-/m0/s1. The molecule has 0 saturated heterocycles. The Morgan fingerprint density at radius 3 is 2.45 bits per heavy atom. The lowest BCUT2D eigenvalue weighted by molar-refractivity contribution is -0.284. The first-order chi connectivity index (χ1) is 19.7. The molecule has 0 spiro atoms. The Hall–Kier alpha value is -1.13. The maximum absolute atomic E-state index is 15.9. The fraction of sp³-hybridized carbons (Fsp3) is 0.812. The van der Waals surface area contributed by atoms with Gasteiger partial charge in [-0.25, -0.2) is 4.39 Å². The molecule has 10 heteroatoms. The lowest BCUT2D eigenvalue weighted by Gasteiger charge is -2.54. The van der Waals surface area contributed by atoms with Crippen LogP contribution in [-0.4, -0.2) is 71.1 Å². The van der Waals surface area contributed by atoms with Gasteiger partial charge in [0.1, 0.15) is 11.9 Å². The number of hydrogen-bond acceptors (Lipinski definition) is 4. The summed E-state index contributed by atoms with van der Waals surface area (Å²) in [6.45, 7) is 3.86. The lowest BCUT2D eigenvalue weighted by atomic mass is 9.51. The van der Waals surface area contributed by atoms with Crippen molar-refractivity contribution >= 4 is 11.8 Å². The molecule has 4 rings (SSSR count). The number of fused-ring (bicyclic) bond motifs is 5. The maximum atomic E-state index is 15.9. The number of aromatic hydroxyl groups is 1. The summed E-state index contributed by atoms with van der Waals surface area (Å²) >= 11 is 1.42. The number of nitrogens with zero attached hydrogens (tertiary/aromatic N) is 1. The van der Waals surface area contributed by atoms with Gasteiger partial charge in [0.2, 0.25) is 0 Å². The molecule has 1 aromatic rings. The van der Waals surface area contributed by atoms with Crippen LogP contribution in [0.5, 0.6) is 5.75 Å². The van der Waals surface area contributed by atoms with Gasteiger partial charge in [0.05, 0.1) is 6.10 Å². The number of halogens is 6. The van der Waals surface area contributed by atoms with Crippen molar-refractivity contribution in [3.63, 3.8) is 0 Å². The number of hydrogen-bond donors (Lipinski definition) is 2. The molecule has 240 valence electrons. The molecule has 0 bridgehead atoms. The minimum Gasteiger partial charge on any atom is -0.508 e. The second-order valence-electron chi connectivity index (χ2n) is 13.3. The van der Waals surface area contributed by atoms with E-state index in [2.05, 4.69) is 11.8 Å². The van der Waals surface area contributed by atoms with E-state index in [1.807, 2.05) is 19.2 Å². The predicted octanol–water partition coefficient (Wildman–Crippen LogP) is 8.38. The summed E-state index contributed by atoms with van der Waals surface area (Å²) in [7, 11) is 2.04. The topological polar surface area (TPSA) is 43.7 Å². The van der Waals surface area contributed by atoms with Gasteiger partial charge in [-0.1, -0.05) is 25.8 Å². The molecule has 0 aliphatic heterocycles. The van der Waals surface area contributed by atoms with E-state index < -0.39 is 30.8 Å². The van der Waals surface area contributed by atoms with Crippen LogP contribution in [0.4, 0.5) is 26.3 Å². The number of benzene rings is 1. The molecule has 3 nitrogen and oxygen atoms in total. The van der Waals surface area contributed by atoms with Gasteiger partial charge in [0, 0.05) is 12.3 Å². The highest BCUT2D eigenvalue weighted by Crippen LogP contribution is 2.63. The van der Waals surface area contributed by atoms with Gasteiger partial charge in [-0.15, -0.1) is 0 Å². The Morgan fingerprint density at radius 2 is 1.71 bits per heavy atom. The average Bonchev–Trinajstić information content (AvgIpc) is 3.20. The molecule has 0 radical (unpaired) electrons. The molecule has 0 heterocycles. The first-order valence-electron chi connectivity index (χ1n) is 15.6. The summed E-state index contributed by atoms with van der Waals surface area (Å²) in [5, 5.41) is 20.9. The van der Waals surface area contributed by atoms with Crippen LogP contribution in [0.2, 0.25) is 0 Å². The number of thioether (sulfide) groups is 1. The zero-order chi connectivity index (χ0) is 30.7. The normalized spacial score (nSPS) is 31.2. The van der Waals surface area contributed by atoms with Gasteiger partial charge in [-0.3, -0.25) is 0 Å². The molecular formula is C32H47F6NO2S. The van der Waals surface area contributed by atoms with Gasteiger partial charge < -0.3 is 15.1 Å². The highest BCUT2D eigenvalue weighted by molar-refractivity contribution is 7.99. The van der Waals surface area contributed by atoms with Crippen molar-refractivity contribution in [1.82, 2.24) is 4.90 Å². The molecule has 2 fully saturated rings. The summed E-state index contributed by atoms with van der Waals surface area (Å²) in [4.78, 5) is 2.23. The molecule has 3 aliphatic rings. The molecular weight excluding hydrogens is 576 g/mol. The fourth-order valence-electron chi connectivity index (χ4n) is 8.19. The summed E-state index contributed by atoms with van der Waals surface area (Å²) in [6.07, 6.45) is -0.340. The van der Waals surface area contributed by atoms with Crippen molar-refractivity contribution in [1.29, 1.82) is 0 Å². The van der Waals surface area contributed by atoms with Gasteiger partial charge in [-0.05, 0) is 129 Å². The molecule has 0 aromatic heterocycles. The molecule has 2 N–H and O–H groups in total. The number of alkyl halides is 6. The predicted molar refractivity (Wildman–Crippen MR) is 156 cm³/mol. The van der Waals surface area contributed by atoms with Crippen molar-refractivity contribution < 1.29 is 36.6 Å². The van der Waals surface area contributed by atoms with Crippen LogP contribution in [-0.2, 0) is 6.42 Å². The van der Waals surface area contributed by atoms with E-state index in [-0.39, 0.29) is 29.4 Å². The number of phenolic OH excluding ortho intramolecular Hbond substituents is 1. The Labute approximate surface area is 250 Å². The maximum Gasteiger partial charge on any atom is 0.453 e. The van der Waals surface area contributed by atoms with Crippen molar-refractivity contribution in [3.8, 4) is 5.75 Å². The Bertz CT molecular complexity index is 1030. The van der Waals surface area contributed by atoms with Crippen LogP contribution in [0.1, 0.15) is 88.2 Å². The SMILES string of the molecule is CN(CCCCCC1Cc2cc(O)ccc2C2C1C1CC[C@H](O)[C@@]1(C)C[C@@H]2F)CCCSCCCC(F)(F)C(F)(F)F. The first-order valence-corrected chi connectivity index (χ1v) is 16.7. The van der Waals surface area contributed by atoms with E-state index in [1.165, 1.54) is 11.8 Å². The van der Waals surface area contributed by atoms with E-state index in [9.17, 15) is 32.2 Å². The van der Waals surface area contributed by atoms with Crippen LogP contribution in [0.15, 0.2) is 18.2 Å². The van der Waals surface area contributed by atoms with Crippen LogP contribution < -0.4 is 0 Å². The van der Waals surface area contributed by atoms with Crippen molar-refractivity contribution in [2.45, 2.75) is 108 Å². The number of phenols is 1. The van der Waals surface area contributed by atoms with E-state index in [1.54, 1.807) is 6.07 Å². The number of unbranched alkanes of at least 4 members (excludes halogenated alkanes) is 2. The smallest absolute Gasteiger partial charge is 0.453 e. The highest BCUT2D eigenvalue weighted by Gasteiger charge is 2.60. The van der Waals surface area contributed by atoms with Gasteiger partial charge in [0.15, 0.2) is 0 Å². The van der Waals surface area contributed by atoms with Gasteiger partial charge >= 0.3 is 12.1 Å². The number of aliphatic hydroxyl groups is 1. The quantitative estimate of drug-likeness (QED) is 0.161. The third kappa shape index (κ3) is 7.56. The third-order valence-electron chi connectivity index (χ3n) is 10.4. The molecule has 7 atom stereocenters. The van der Waals surface area contributed by atoms with E-state index >= 15 is 4.39 Å². The minimum atomic E-state index is -5.47. The van der Waals surface area contributed by atoms with Gasteiger partial charge in [0.25, 0.3) is 0 Å². The fourth-order valence-corrected chi connectivity index (χ4v) is 9.07. The summed E-state index contributed by atoms with van der Waals surface area (Å²) in [6, 6.07) is 5.41. The molecule has 3 aliphatic carbocycles. The summed E-state index contributed by atoms with van der Waals surface area (Å²) in [5.74, 6) is -2.70. The average molecular weight is 624 g/mol. The molecule has 42 heavy (non-hydrogen) atoms. The molecule has 1 aromatic carbocycles. The van der Waals surface area contributed by atoms with Crippen LogP contribution in [0.25, 0.3) is 0 Å². The highest BCUT2D eigenvalue weighted by atomic mass is 32.2. The zero-order valence-corrected chi connectivity index (χ0v) is 25.6. The van der Waals surface area contributed by atoms with E-state index in [4.69, 9.17) is 0 Å². The second kappa shape index (κ2) is 13.9. The second-order valence-corrected chi connectivity index (χ2v) is 14.5. The summed E-state index contributed by atoms with van der Waals surface area (Å²) < 4.78 is 78.5. The number of rotatable bonds is 14. The van der Waals surface area contributed by atoms with E-state index in [0.29, 0.717) is 24.0 Å².